The number of aromatic nitrogens is 1. The van der Waals surface area contributed by atoms with Crippen LogP contribution >= 0.6 is 0 Å². The molecule has 1 aromatic heterocycles. The molecule has 3 aromatic carbocycles. The Balaban J connectivity index is 0.911. The van der Waals surface area contributed by atoms with Crippen LogP contribution < -0.4 is 31.3 Å². The molecular weight excluding hydrogens is 634 g/mol. The Bertz CT molecular complexity index is 2040. The van der Waals surface area contributed by atoms with Crippen molar-refractivity contribution in [2.75, 3.05) is 29.1 Å². The highest BCUT2D eigenvalue weighted by Crippen LogP contribution is 2.30. The van der Waals surface area contributed by atoms with Crippen molar-refractivity contribution in [3.8, 4) is 5.75 Å². The van der Waals surface area contributed by atoms with E-state index in [9.17, 15) is 33.6 Å². The highest BCUT2D eigenvalue weighted by atomic mass is 16.5. The molecule has 1 unspecified atom stereocenters. The van der Waals surface area contributed by atoms with E-state index < -0.39 is 47.5 Å². The molecule has 1 fully saturated rings. The van der Waals surface area contributed by atoms with Crippen LogP contribution in [0, 0.1) is 0 Å². The fraction of sp³-hybridized carbons (Fsp3) is 0.147. The first-order valence-electron chi connectivity index (χ1n) is 15.1. The molecule has 6 N–H and O–H groups in total. The van der Waals surface area contributed by atoms with Crippen molar-refractivity contribution >= 4 is 69.4 Å². The molecule has 8 amide bonds. The van der Waals surface area contributed by atoms with E-state index in [1.54, 1.807) is 30.3 Å². The number of piperidine rings is 1. The maximum absolute atomic E-state index is 13.0. The molecule has 49 heavy (non-hydrogen) atoms. The predicted molar refractivity (Wildman–Crippen MR) is 177 cm³/mol. The predicted octanol–water partition coefficient (Wildman–Crippen LogP) is 2.90. The van der Waals surface area contributed by atoms with Crippen molar-refractivity contribution < 1.29 is 38.3 Å². The van der Waals surface area contributed by atoms with Crippen molar-refractivity contribution in [1.82, 2.24) is 20.5 Å². The summed E-state index contributed by atoms with van der Waals surface area (Å²) < 4.78 is 5.61. The molecule has 0 aliphatic carbocycles. The molecular formula is C34H29N7O8. The molecule has 248 valence electrons. The number of rotatable bonds is 10. The van der Waals surface area contributed by atoms with Gasteiger partial charge in [-0.05, 0) is 73.2 Å². The zero-order chi connectivity index (χ0) is 34.5. The van der Waals surface area contributed by atoms with Crippen LogP contribution in [0.15, 0.2) is 85.1 Å². The fourth-order valence-electron chi connectivity index (χ4n) is 5.34. The zero-order valence-corrected chi connectivity index (χ0v) is 25.7. The van der Waals surface area contributed by atoms with Crippen molar-refractivity contribution in [2.45, 2.75) is 18.9 Å². The third kappa shape index (κ3) is 7.46. The van der Waals surface area contributed by atoms with E-state index in [-0.39, 0.29) is 42.9 Å². The third-order valence-corrected chi connectivity index (χ3v) is 7.69. The second-order valence-electron chi connectivity index (χ2n) is 11.1. The van der Waals surface area contributed by atoms with Gasteiger partial charge in [0, 0.05) is 52.7 Å². The van der Waals surface area contributed by atoms with Gasteiger partial charge in [-0.1, -0.05) is 0 Å². The summed E-state index contributed by atoms with van der Waals surface area (Å²) in [7, 11) is 0. The maximum atomic E-state index is 13.0. The van der Waals surface area contributed by atoms with E-state index in [4.69, 9.17) is 4.74 Å². The van der Waals surface area contributed by atoms with Crippen LogP contribution in [0.25, 0.3) is 10.9 Å². The Morgan fingerprint density at radius 1 is 0.796 bits per heavy atom. The standard InChI is InChI=1S/C34H29N7O8/c42-28(36-15-16-49-23-6-7-24-25(18-23)33(47)41(32(24)46)27-9-10-30(44)40-31(27)45)11-12-29(43)37-20-1-3-21(4-2-20)38-34(48)39-22-5-8-26-19(17-22)13-14-35-26/h1-8,11-14,17-18,27,35H,9-10,15-16H2,(H,36,42)(H,37,43)(H2,38,39,48)(H,40,44,45)/b12-11+. The van der Waals surface area contributed by atoms with Gasteiger partial charge in [0.15, 0.2) is 0 Å². The number of nitrogens with zero attached hydrogens (tertiary/aromatic N) is 1. The summed E-state index contributed by atoms with van der Waals surface area (Å²) in [5, 5.41) is 13.8. The van der Waals surface area contributed by atoms with Gasteiger partial charge in [-0.2, -0.15) is 0 Å². The number of hydrogen-bond donors (Lipinski definition) is 6. The zero-order valence-electron chi connectivity index (χ0n) is 25.7. The number of amides is 8. The molecule has 0 bridgehead atoms. The lowest BCUT2D eigenvalue weighted by molar-refractivity contribution is -0.136. The number of nitrogens with one attached hydrogen (secondary N) is 6. The van der Waals surface area contributed by atoms with Gasteiger partial charge in [0.25, 0.3) is 11.8 Å². The Morgan fingerprint density at radius 2 is 1.49 bits per heavy atom. The SMILES string of the molecule is O=C(/C=C/C(=O)Nc1ccc(NC(=O)Nc2ccc3[nH]ccc3c2)cc1)NCCOc1ccc2c(c1)C(=O)N(C1CCC(=O)NC1=O)C2=O. The van der Waals surface area contributed by atoms with Crippen molar-refractivity contribution in [3.63, 3.8) is 0 Å². The molecule has 2 aliphatic rings. The quantitative estimate of drug-likeness (QED) is 0.0843. The van der Waals surface area contributed by atoms with E-state index in [0.717, 1.165) is 28.0 Å². The molecule has 6 rings (SSSR count). The number of urea groups is 1. The molecule has 2 aliphatic heterocycles. The van der Waals surface area contributed by atoms with Crippen LogP contribution in [0.3, 0.4) is 0 Å². The van der Waals surface area contributed by atoms with Gasteiger partial charge in [-0.25, -0.2) is 4.79 Å². The van der Waals surface area contributed by atoms with E-state index in [0.29, 0.717) is 17.1 Å². The minimum atomic E-state index is -1.07. The number of carbonyl (C=O) groups is 7. The maximum Gasteiger partial charge on any atom is 0.323 e. The highest BCUT2D eigenvalue weighted by molar-refractivity contribution is 6.23. The number of imide groups is 2. The van der Waals surface area contributed by atoms with Crippen LogP contribution in [-0.2, 0) is 19.2 Å². The fourth-order valence-corrected chi connectivity index (χ4v) is 5.34. The van der Waals surface area contributed by atoms with Crippen LogP contribution in [0.4, 0.5) is 21.9 Å². The van der Waals surface area contributed by atoms with E-state index in [2.05, 4.69) is 31.6 Å². The van der Waals surface area contributed by atoms with Crippen LogP contribution in [-0.4, -0.2) is 70.6 Å². The van der Waals surface area contributed by atoms with E-state index in [1.165, 1.54) is 18.2 Å². The number of benzene rings is 3. The van der Waals surface area contributed by atoms with Crippen LogP contribution in [0.5, 0.6) is 5.75 Å². The smallest absolute Gasteiger partial charge is 0.323 e. The third-order valence-electron chi connectivity index (χ3n) is 7.69. The lowest BCUT2D eigenvalue weighted by Crippen LogP contribution is -2.54. The van der Waals surface area contributed by atoms with Gasteiger partial charge >= 0.3 is 6.03 Å². The normalized spacial score (nSPS) is 15.6. The summed E-state index contributed by atoms with van der Waals surface area (Å²) in [5.41, 5.74) is 2.74. The number of fused-ring (bicyclic) bond motifs is 2. The number of H-pyrrole nitrogens is 1. The Morgan fingerprint density at radius 3 is 2.27 bits per heavy atom. The molecule has 1 atom stereocenters. The molecule has 0 spiro atoms. The van der Waals surface area contributed by atoms with E-state index in [1.807, 2.05) is 24.4 Å². The number of aromatic amines is 1. The molecule has 15 heteroatoms. The minimum absolute atomic E-state index is 0.0180. The molecule has 0 radical (unpaired) electrons. The van der Waals surface area contributed by atoms with E-state index >= 15 is 0 Å². The lowest BCUT2D eigenvalue weighted by Gasteiger charge is -2.27. The molecule has 15 nitrogen and oxygen atoms in total. The van der Waals surface area contributed by atoms with Crippen molar-refractivity contribution in [3.05, 3.63) is 96.2 Å². The average molecular weight is 664 g/mol. The lowest BCUT2D eigenvalue weighted by atomic mass is 10.0. The summed E-state index contributed by atoms with van der Waals surface area (Å²) >= 11 is 0. The summed E-state index contributed by atoms with van der Waals surface area (Å²) in [6.45, 7) is 0.0873. The van der Waals surface area contributed by atoms with Crippen molar-refractivity contribution in [1.29, 1.82) is 0 Å². The first kappa shape index (κ1) is 32.2. The number of anilines is 3. The van der Waals surface area contributed by atoms with Crippen LogP contribution in [0.2, 0.25) is 0 Å². The highest BCUT2D eigenvalue weighted by Gasteiger charge is 2.44. The minimum Gasteiger partial charge on any atom is -0.492 e. The monoisotopic (exact) mass is 663 g/mol. The first-order valence-corrected chi connectivity index (χ1v) is 15.1. The topological polar surface area (TPSA) is 208 Å². The summed E-state index contributed by atoms with van der Waals surface area (Å²) in [6, 6.07) is 16.6. The van der Waals surface area contributed by atoms with Crippen LogP contribution in [0.1, 0.15) is 33.6 Å². The molecule has 4 aromatic rings. The van der Waals surface area contributed by atoms with Gasteiger partial charge in [0.2, 0.25) is 23.6 Å². The largest absolute Gasteiger partial charge is 0.492 e. The second-order valence-corrected chi connectivity index (χ2v) is 11.1. The number of ether oxygens (including phenoxy) is 1. The number of carbonyl (C=O) groups excluding carboxylic acids is 7. The summed E-state index contributed by atoms with van der Waals surface area (Å²) in [6.07, 6.45) is 4.01. The summed E-state index contributed by atoms with van der Waals surface area (Å²) in [4.78, 5) is 90.2. The van der Waals surface area contributed by atoms with Gasteiger partial charge in [-0.3, -0.25) is 39.0 Å². The van der Waals surface area contributed by atoms with Crippen molar-refractivity contribution in [2.24, 2.45) is 0 Å². The Labute approximate surface area is 278 Å². The molecule has 0 saturated carbocycles. The first-order chi connectivity index (χ1) is 23.6. The second kappa shape index (κ2) is 13.9. The number of hydrogen-bond acceptors (Lipinski definition) is 8. The average Bonchev–Trinajstić information content (AvgIpc) is 3.64. The Kier molecular flexibility index (Phi) is 9.14. The van der Waals surface area contributed by atoms with Gasteiger partial charge in [0.1, 0.15) is 18.4 Å². The Hall–Kier alpha value is -6.77. The summed E-state index contributed by atoms with van der Waals surface area (Å²) in [5.74, 6) is -3.26. The van der Waals surface area contributed by atoms with Gasteiger partial charge in [0.05, 0.1) is 17.7 Å². The van der Waals surface area contributed by atoms with Gasteiger partial charge < -0.3 is 31.0 Å². The molecule has 3 heterocycles. The molecule has 1 saturated heterocycles. The van der Waals surface area contributed by atoms with Gasteiger partial charge in [-0.15, -0.1) is 0 Å².